The van der Waals surface area contributed by atoms with E-state index in [-0.39, 0.29) is 10.8 Å². The average Bonchev–Trinajstić information content (AvgIpc) is 2.38. The molecule has 0 radical (unpaired) electrons. The zero-order valence-corrected chi connectivity index (χ0v) is 12.3. The summed E-state index contributed by atoms with van der Waals surface area (Å²) in [6, 6.07) is 9.98. The van der Waals surface area contributed by atoms with Crippen LogP contribution < -0.4 is 5.32 Å². The molecular weight excluding hydrogens is 333 g/mol. The average molecular weight is 345 g/mol. The highest BCUT2D eigenvalue weighted by atomic mass is 79.9. The second kappa shape index (κ2) is 6.37. The van der Waals surface area contributed by atoms with Crippen molar-refractivity contribution < 1.29 is 9.50 Å². The number of phenolic OH excluding ortho intramolecular Hbond substituents is 1. The Morgan fingerprint density at radius 2 is 1.74 bits per heavy atom. The molecule has 5 heteroatoms. The Bertz CT molecular complexity index is 540. The molecule has 2 nitrogen and oxygen atoms in total. The van der Waals surface area contributed by atoms with E-state index < -0.39 is 5.82 Å². The van der Waals surface area contributed by atoms with Gasteiger partial charge in [0, 0.05) is 13.1 Å². The third kappa shape index (κ3) is 3.93. The topological polar surface area (TPSA) is 32.3 Å². The Hall–Kier alpha value is -1.10. The van der Waals surface area contributed by atoms with E-state index in [1.807, 2.05) is 12.1 Å². The van der Waals surface area contributed by atoms with Crippen LogP contribution in [0.2, 0.25) is 5.02 Å². The van der Waals surface area contributed by atoms with Crippen molar-refractivity contribution in [2.75, 3.05) is 0 Å². The maximum atomic E-state index is 13.0. The van der Waals surface area contributed by atoms with Gasteiger partial charge >= 0.3 is 0 Å². The number of halogens is 3. The summed E-state index contributed by atoms with van der Waals surface area (Å²) in [5.74, 6) is -0.193. The molecule has 2 aromatic carbocycles. The summed E-state index contributed by atoms with van der Waals surface area (Å²) in [6.45, 7) is 1.24. The predicted octanol–water partition coefficient (Wildman–Crippen LogP) is 4.24. The van der Waals surface area contributed by atoms with E-state index in [4.69, 9.17) is 11.6 Å². The molecule has 0 bridgehead atoms. The van der Waals surface area contributed by atoms with Crippen molar-refractivity contribution in [2.45, 2.75) is 13.1 Å². The number of nitrogens with one attached hydrogen (secondary N) is 1. The van der Waals surface area contributed by atoms with E-state index in [1.54, 1.807) is 18.2 Å². The molecule has 0 amide bonds. The second-order valence-corrected chi connectivity index (χ2v) is 5.40. The Morgan fingerprint density at radius 1 is 1.11 bits per heavy atom. The molecule has 2 rings (SSSR count). The van der Waals surface area contributed by atoms with Crippen molar-refractivity contribution in [1.29, 1.82) is 0 Å². The van der Waals surface area contributed by atoms with Crippen LogP contribution in [0.25, 0.3) is 0 Å². The highest BCUT2D eigenvalue weighted by Gasteiger charge is 2.02. The molecule has 0 aliphatic carbocycles. The van der Waals surface area contributed by atoms with Crippen LogP contribution >= 0.6 is 27.5 Å². The molecule has 0 unspecified atom stereocenters. The lowest BCUT2D eigenvalue weighted by Gasteiger charge is -2.07. The molecule has 0 saturated carbocycles. The highest BCUT2D eigenvalue weighted by Crippen LogP contribution is 2.24. The van der Waals surface area contributed by atoms with Crippen molar-refractivity contribution in [3.63, 3.8) is 0 Å². The molecule has 0 aliphatic heterocycles. The number of hydrogen-bond donors (Lipinski definition) is 2. The maximum absolute atomic E-state index is 13.0. The minimum absolute atomic E-state index is 0.131. The minimum atomic E-state index is -0.409. The fourth-order valence-corrected chi connectivity index (χ4v) is 2.29. The normalized spacial score (nSPS) is 10.7. The van der Waals surface area contributed by atoms with Crippen LogP contribution in [0.1, 0.15) is 11.1 Å². The van der Waals surface area contributed by atoms with Gasteiger partial charge in [0.1, 0.15) is 11.6 Å². The van der Waals surface area contributed by atoms with Crippen LogP contribution in [0.4, 0.5) is 4.39 Å². The zero-order chi connectivity index (χ0) is 13.8. The molecular formula is C14H12BrClFNO. The zero-order valence-electron chi connectivity index (χ0n) is 9.96. The van der Waals surface area contributed by atoms with Crippen molar-refractivity contribution in [2.24, 2.45) is 0 Å². The molecule has 2 N–H and O–H groups in total. The van der Waals surface area contributed by atoms with E-state index >= 15 is 0 Å². The quantitative estimate of drug-likeness (QED) is 0.869. The van der Waals surface area contributed by atoms with Gasteiger partial charge in [0.15, 0.2) is 0 Å². The van der Waals surface area contributed by atoms with Gasteiger partial charge in [-0.05, 0) is 51.3 Å². The lowest BCUT2D eigenvalue weighted by Crippen LogP contribution is -2.12. The van der Waals surface area contributed by atoms with Crippen LogP contribution in [-0.4, -0.2) is 5.11 Å². The van der Waals surface area contributed by atoms with E-state index in [1.165, 1.54) is 6.07 Å². The molecule has 0 aromatic heterocycles. The summed E-state index contributed by atoms with van der Waals surface area (Å²) in [6.07, 6.45) is 0. The molecule has 0 saturated heterocycles. The number of phenols is 1. The molecule has 100 valence electrons. The van der Waals surface area contributed by atoms with Gasteiger partial charge in [0.2, 0.25) is 0 Å². The van der Waals surface area contributed by atoms with Gasteiger partial charge in [-0.2, -0.15) is 0 Å². The van der Waals surface area contributed by atoms with Crippen LogP contribution in [0, 0.1) is 5.82 Å². The standard InChI is InChI=1S/C14H12BrClFNO/c15-11-5-9(2-4-14(11)19)7-18-8-10-1-3-13(17)12(16)6-10/h1-6,18-19H,7-8H2. The van der Waals surface area contributed by atoms with E-state index in [0.717, 1.165) is 11.1 Å². The first-order valence-corrected chi connectivity index (χ1v) is 6.85. The van der Waals surface area contributed by atoms with Gasteiger partial charge in [-0.25, -0.2) is 4.39 Å². The third-order valence-electron chi connectivity index (χ3n) is 2.65. The van der Waals surface area contributed by atoms with Crippen LogP contribution in [0.15, 0.2) is 40.9 Å². The lowest BCUT2D eigenvalue weighted by atomic mass is 10.2. The number of rotatable bonds is 4. The first-order chi connectivity index (χ1) is 9.06. The smallest absolute Gasteiger partial charge is 0.141 e. The number of benzene rings is 2. The first-order valence-electron chi connectivity index (χ1n) is 5.68. The largest absolute Gasteiger partial charge is 0.507 e. The molecule has 0 spiro atoms. The van der Waals surface area contributed by atoms with Gasteiger partial charge in [0.05, 0.1) is 9.50 Å². The van der Waals surface area contributed by atoms with Gasteiger partial charge < -0.3 is 10.4 Å². The number of aromatic hydroxyl groups is 1. The van der Waals surface area contributed by atoms with Crippen LogP contribution in [-0.2, 0) is 13.1 Å². The van der Waals surface area contributed by atoms with E-state index in [9.17, 15) is 9.50 Å². The van der Waals surface area contributed by atoms with Crippen molar-refractivity contribution in [3.05, 3.63) is 62.8 Å². The summed E-state index contributed by atoms with van der Waals surface area (Å²) in [4.78, 5) is 0. The summed E-state index contributed by atoms with van der Waals surface area (Å²) >= 11 is 8.97. The second-order valence-electron chi connectivity index (χ2n) is 4.14. The Morgan fingerprint density at radius 3 is 2.37 bits per heavy atom. The predicted molar refractivity (Wildman–Crippen MR) is 77.8 cm³/mol. The summed E-state index contributed by atoms with van der Waals surface area (Å²) in [5, 5.41) is 12.7. The fourth-order valence-electron chi connectivity index (χ4n) is 1.66. The fraction of sp³-hybridized carbons (Fsp3) is 0.143. The first kappa shape index (κ1) is 14.3. The lowest BCUT2D eigenvalue weighted by molar-refractivity contribution is 0.471. The Labute approximate surface area is 124 Å². The minimum Gasteiger partial charge on any atom is -0.507 e. The van der Waals surface area contributed by atoms with Crippen molar-refractivity contribution >= 4 is 27.5 Å². The van der Waals surface area contributed by atoms with Gasteiger partial charge in [-0.3, -0.25) is 0 Å². The summed E-state index contributed by atoms with van der Waals surface area (Å²) < 4.78 is 13.7. The molecule has 2 aromatic rings. The molecule has 0 heterocycles. The van der Waals surface area contributed by atoms with Gasteiger partial charge in [-0.15, -0.1) is 0 Å². The van der Waals surface area contributed by atoms with Crippen molar-refractivity contribution in [3.8, 4) is 5.75 Å². The van der Waals surface area contributed by atoms with E-state index in [0.29, 0.717) is 17.6 Å². The molecule has 0 atom stereocenters. The van der Waals surface area contributed by atoms with Crippen molar-refractivity contribution in [1.82, 2.24) is 5.32 Å². The summed E-state index contributed by atoms with van der Waals surface area (Å²) in [7, 11) is 0. The van der Waals surface area contributed by atoms with Gasteiger partial charge in [0.25, 0.3) is 0 Å². The Balaban J connectivity index is 1.92. The highest BCUT2D eigenvalue weighted by molar-refractivity contribution is 9.10. The third-order valence-corrected chi connectivity index (χ3v) is 3.58. The van der Waals surface area contributed by atoms with Crippen LogP contribution in [0.3, 0.4) is 0 Å². The SMILES string of the molecule is Oc1ccc(CNCc2ccc(F)c(Cl)c2)cc1Br. The summed E-state index contributed by atoms with van der Waals surface area (Å²) in [5.41, 5.74) is 1.96. The van der Waals surface area contributed by atoms with Crippen LogP contribution in [0.5, 0.6) is 5.75 Å². The maximum Gasteiger partial charge on any atom is 0.141 e. The molecule has 0 aliphatic rings. The Kier molecular flexibility index (Phi) is 4.80. The number of hydrogen-bond acceptors (Lipinski definition) is 2. The molecule has 0 fully saturated rings. The van der Waals surface area contributed by atoms with E-state index in [2.05, 4.69) is 21.2 Å². The monoisotopic (exact) mass is 343 g/mol. The molecule has 19 heavy (non-hydrogen) atoms. The van der Waals surface area contributed by atoms with Gasteiger partial charge in [-0.1, -0.05) is 23.7 Å².